The molecule has 1 aliphatic rings. The van der Waals surface area contributed by atoms with Gasteiger partial charge in [-0.1, -0.05) is 18.2 Å². The SMILES string of the molecule is CC(C)Oc1ccc(NC(N)=NCCCC(=O)N2CCc3ccccc32)cc1. The van der Waals surface area contributed by atoms with E-state index in [1.165, 1.54) is 5.56 Å². The fourth-order valence-corrected chi connectivity index (χ4v) is 3.24. The number of nitrogens with zero attached hydrogens (tertiary/aromatic N) is 2. The molecule has 0 aliphatic carbocycles. The molecule has 1 amide bonds. The molecule has 6 heteroatoms. The van der Waals surface area contributed by atoms with E-state index < -0.39 is 0 Å². The zero-order valence-electron chi connectivity index (χ0n) is 16.5. The zero-order valence-corrected chi connectivity index (χ0v) is 16.5. The van der Waals surface area contributed by atoms with Gasteiger partial charge in [-0.25, -0.2) is 0 Å². The summed E-state index contributed by atoms with van der Waals surface area (Å²) in [6, 6.07) is 15.7. The Morgan fingerprint density at radius 3 is 2.71 bits per heavy atom. The number of aliphatic imine (C=N–C) groups is 1. The van der Waals surface area contributed by atoms with Crippen molar-refractivity contribution in [1.82, 2.24) is 0 Å². The van der Waals surface area contributed by atoms with Crippen LogP contribution in [0.2, 0.25) is 0 Å². The number of carbonyl (C=O) groups excluding carboxylic acids is 1. The normalized spacial score (nSPS) is 13.5. The van der Waals surface area contributed by atoms with Gasteiger partial charge in [0.1, 0.15) is 5.75 Å². The third-order valence-electron chi connectivity index (χ3n) is 4.52. The van der Waals surface area contributed by atoms with E-state index in [0.717, 1.165) is 30.1 Å². The summed E-state index contributed by atoms with van der Waals surface area (Å²) in [7, 11) is 0. The highest BCUT2D eigenvalue weighted by Crippen LogP contribution is 2.28. The Kier molecular flexibility index (Phi) is 6.53. The largest absolute Gasteiger partial charge is 0.491 e. The molecule has 1 heterocycles. The number of para-hydroxylation sites is 1. The van der Waals surface area contributed by atoms with Crippen LogP contribution in [0.1, 0.15) is 32.3 Å². The van der Waals surface area contributed by atoms with Crippen molar-refractivity contribution in [2.45, 2.75) is 39.2 Å². The number of hydrogen-bond acceptors (Lipinski definition) is 3. The number of ether oxygens (including phenoxy) is 1. The molecule has 6 nitrogen and oxygen atoms in total. The first-order valence-electron chi connectivity index (χ1n) is 9.75. The van der Waals surface area contributed by atoms with Crippen molar-refractivity contribution in [2.24, 2.45) is 10.7 Å². The van der Waals surface area contributed by atoms with Gasteiger partial charge in [-0.05, 0) is 62.6 Å². The number of carbonyl (C=O) groups is 1. The lowest BCUT2D eigenvalue weighted by Crippen LogP contribution is -2.28. The Morgan fingerprint density at radius 1 is 1.21 bits per heavy atom. The van der Waals surface area contributed by atoms with Crippen LogP contribution in [0.15, 0.2) is 53.5 Å². The maximum absolute atomic E-state index is 12.5. The van der Waals surface area contributed by atoms with E-state index in [4.69, 9.17) is 10.5 Å². The number of nitrogens with one attached hydrogen (secondary N) is 1. The Bertz CT molecular complexity index is 831. The van der Waals surface area contributed by atoms with Crippen molar-refractivity contribution in [2.75, 3.05) is 23.3 Å². The number of fused-ring (bicyclic) bond motifs is 1. The molecule has 1 aliphatic heterocycles. The standard InChI is InChI=1S/C22H28N4O2/c1-16(2)28-19-11-9-18(10-12-19)25-22(23)24-14-5-8-21(27)26-15-13-17-6-3-4-7-20(17)26/h3-4,6-7,9-12,16H,5,8,13-15H2,1-2H3,(H3,23,24,25). The Labute approximate surface area is 166 Å². The first-order valence-corrected chi connectivity index (χ1v) is 9.75. The number of benzene rings is 2. The van der Waals surface area contributed by atoms with Gasteiger partial charge in [0, 0.05) is 30.9 Å². The minimum absolute atomic E-state index is 0.141. The number of rotatable bonds is 7. The number of nitrogens with two attached hydrogens (primary N) is 1. The zero-order chi connectivity index (χ0) is 19.9. The van der Waals surface area contributed by atoms with E-state index >= 15 is 0 Å². The lowest BCUT2D eigenvalue weighted by Gasteiger charge is -2.17. The molecule has 0 aromatic heterocycles. The predicted octanol–water partition coefficient (Wildman–Crippen LogP) is 3.57. The van der Waals surface area contributed by atoms with E-state index in [9.17, 15) is 4.79 Å². The van der Waals surface area contributed by atoms with Crippen LogP contribution in [0.4, 0.5) is 11.4 Å². The van der Waals surface area contributed by atoms with Crippen LogP contribution in [-0.2, 0) is 11.2 Å². The summed E-state index contributed by atoms with van der Waals surface area (Å²) in [5.74, 6) is 1.31. The van der Waals surface area contributed by atoms with Gasteiger partial charge >= 0.3 is 0 Å². The molecular formula is C22H28N4O2. The van der Waals surface area contributed by atoms with Crippen LogP contribution in [0.25, 0.3) is 0 Å². The maximum atomic E-state index is 12.5. The van der Waals surface area contributed by atoms with Gasteiger partial charge < -0.3 is 20.7 Å². The molecule has 0 fully saturated rings. The summed E-state index contributed by atoms with van der Waals surface area (Å²) >= 11 is 0. The average Bonchev–Trinajstić information content (AvgIpc) is 3.10. The van der Waals surface area contributed by atoms with Crippen molar-refractivity contribution < 1.29 is 9.53 Å². The number of anilines is 2. The van der Waals surface area contributed by atoms with Gasteiger partial charge in [-0.2, -0.15) is 0 Å². The fraction of sp³-hybridized carbons (Fsp3) is 0.364. The second-order valence-corrected chi connectivity index (χ2v) is 7.11. The van der Waals surface area contributed by atoms with Crippen molar-refractivity contribution in [3.05, 3.63) is 54.1 Å². The van der Waals surface area contributed by atoms with Crippen LogP contribution >= 0.6 is 0 Å². The second kappa shape index (κ2) is 9.26. The van der Waals surface area contributed by atoms with Crippen molar-refractivity contribution in [3.63, 3.8) is 0 Å². The lowest BCUT2D eigenvalue weighted by molar-refractivity contribution is -0.118. The monoisotopic (exact) mass is 380 g/mol. The van der Waals surface area contributed by atoms with E-state index in [1.807, 2.05) is 61.2 Å². The summed E-state index contributed by atoms with van der Waals surface area (Å²) in [4.78, 5) is 18.7. The molecule has 0 atom stereocenters. The van der Waals surface area contributed by atoms with Crippen molar-refractivity contribution in [1.29, 1.82) is 0 Å². The van der Waals surface area contributed by atoms with Gasteiger partial charge in [0.2, 0.25) is 5.91 Å². The maximum Gasteiger partial charge on any atom is 0.227 e. The van der Waals surface area contributed by atoms with Crippen LogP contribution in [-0.4, -0.2) is 31.1 Å². The molecule has 0 saturated heterocycles. The molecule has 0 unspecified atom stereocenters. The molecule has 28 heavy (non-hydrogen) atoms. The van der Waals surface area contributed by atoms with Gasteiger partial charge in [0.05, 0.1) is 6.10 Å². The molecule has 3 N–H and O–H groups in total. The lowest BCUT2D eigenvalue weighted by atomic mass is 10.2. The van der Waals surface area contributed by atoms with Crippen LogP contribution < -0.4 is 20.7 Å². The summed E-state index contributed by atoms with van der Waals surface area (Å²) < 4.78 is 5.61. The smallest absolute Gasteiger partial charge is 0.227 e. The van der Waals surface area contributed by atoms with Gasteiger partial charge in [0.15, 0.2) is 5.96 Å². The minimum Gasteiger partial charge on any atom is -0.491 e. The summed E-state index contributed by atoms with van der Waals surface area (Å²) in [5, 5.41) is 3.06. The van der Waals surface area contributed by atoms with E-state index in [2.05, 4.69) is 16.4 Å². The van der Waals surface area contributed by atoms with Crippen molar-refractivity contribution in [3.8, 4) is 5.75 Å². The van der Waals surface area contributed by atoms with E-state index in [-0.39, 0.29) is 12.0 Å². The van der Waals surface area contributed by atoms with Crippen LogP contribution in [0, 0.1) is 0 Å². The summed E-state index contributed by atoms with van der Waals surface area (Å²) in [6.45, 7) is 5.25. The topological polar surface area (TPSA) is 80.0 Å². The Morgan fingerprint density at radius 2 is 1.96 bits per heavy atom. The first kappa shape index (κ1) is 19.7. The Balaban J connectivity index is 1.43. The van der Waals surface area contributed by atoms with Gasteiger partial charge in [-0.3, -0.25) is 9.79 Å². The molecule has 0 bridgehead atoms. The van der Waals surface area contributed by atoms with E-state index in [1.54, 1.807) is 0 Å². The molecule has 2 aromatic rings. The average molecular weight is 380 g/mol. The highest BCUT2D eigenvalue weighted by atomic mass is 16.5. The summed E-state index contributed by atoms with van der Waals surface area (Å²) in [5.41, 5.74) is 9.07. The first-order chi connectivity index (χ1) is 13.5. The van der Waals surface area contributed by atoms with Gasteiger partial charge in [-0.15, -0.1) is 0 Å². The highest BCUT2D eigenvalue weighted by molar-refractivity contribution is 5.95. The molecule has 0 radical (unpaired) electrons. The molecule has 0 saturated carbocycles. The van der Waals surface area contributed by atoms with Crippen LogP contribution in [0.5, 0.6) is 5.75 Å². The summed E-state index contributed by atoms with van der Waals surface area (Å²) in [6.07, 6.45) is 2.20. The van der Waals surface area contributed by atoms with Crippen LogP contribution in [0.3, 0.4) is 0 Å². The predicted molar refractivity (Wildman–Crippen MR) is 114 cm³/mol. The number of guanidine groups is 1. The third-order valence-corrected chi connectivity index (χ3v) is 4.52. The number of amides is 1. The Hall–Kier alpha value is -3.02. The third kappa shape index (κ3) is 5.25. The molecular weight excluding hydrogens is 352 g/mol. The molecule has 148 valence electrons. The second-order valence-electron chi connectivity index (χ2n) is 7.11. The number of hydrogen-bond donors (Lipinski definition) is 2. The van der Waals surface area contributed by atoms with E-state index in [0.29, 0.717) is 25.3 Å². The molecule has 3 rings (SSSR count). The molecule has 0 spiro atoms. The van der Waals surface area contributed by atoms with Crippen molar-refractivity contribution >= 4 is 23.2 Å². The quantitative estimate of drug-likeness (QED) is 0.437. The minimum atomic E-state index is 0.141. The fourth-order valence-electron chi connectivity index (χ4n) is 3.24. The highest BCUT2D eigenvalue weighted by Gasteiger charge is 2.23. The molecule has 2 aromatic carbocycles. The van der Waals surface area contributed by atoms with Gasteiger partial charge in [0.25, 0.3) is 0 Å².